The number of unbranched alkanes of at least 4 members (excludes halogenated alkanes) is 1. The lowest BCUT2D eigenvalue weighted by Crippen LogP contribution is -2.15. The summed E-state index contributed by atoms with van der Waals surface area (Å²) in [6.45, 7) is 6.08. The summed E-state index contributed by atoms with van der Waals surface area (Å²) in [4.78, 5) is 0. The van der Waals surface area contributed by atoms with E-state index in [1.807, 2.05) is 30.3 Å². The van der Waals surface area contributed by atoms with Crippen molar-refractivity contribution in [3.8, 4) is 11.1 Å². The van der Waals surface area contributed by atoms with Crippen molar-refractivity contribution in [1.29, 1.82) is 0 Å². The second kappa shape index (κ2) is 11.6. The van der Waals surface area contributed by atoms with Crippen molar-refractivity contribution < 1.29 is 4.39 Å². The molecule has 174 valence electrons. The van der Waals surface area contributed by atoms with Gasteiger partial charge in [0.1, 0.15) is 5.82 Å². The van der Waals surface area contributed by atoms with E-state index in [0.717, 1.165) is 47.4 Å². The van der Waals surface area contributed by atoms with Crippen LogP contribution in [0.25, 0.3) is 21.9 Å². The molecule has 0 radical (unpaired) electrons. The molecule has 1 aliphatic carbocycles. The minimum absolute atomic E-state index is 0.108. The highest BCUT2D eigenvalue weighted by Crippen LogP contribution is 2.35. The molecule has 0 amide bonds. The van der Waals surface area contributed by atoms with Gasteiger partial charge in [-0.05, 0) is 59.6 Å². The van der Waals surface area contributed by atoms with E-state index in [4.69, 9.17) is 0 Å². The lowest BCUT2D eigenvalue weighted by Gasteiger charge is -2.28. The highest BCUT2D eigenvalue weighted by Gasteiger charge is 2.20. The quantitative estimate of drug-likeness (QED) is 0.274. The van der Waals surface area contributed by atoms with Crippen molar-refractivity contribution in [3.05, 3.63) is 84.2 Å². The summed E-state index contributed by atoms with van der Waals surface area (Å²) >= 11 is 0. The molecular weight excluding hydrogens is 403 g/mol. The van der Waals surface area contributed by atoms with Gasteiger partial charge in [0.05, 0.1) is 0 Å². The Morgan fingerprint density at radius 3 is 2.24 bits per heavy atom. The number of halogens is 1. The third-order valence-corrected chi connectivity index (χ3v) is 7.69. The van der Waals surface area contributed by atoms with Gasteiger partial charge in [0.2, 0.25) is 0 Å². The van der Waals surface area contributed by atoms with Crippen LogP contribution in [-0.4, -0.2) is 0 Å². The van der Waals surface area contributed by atoms with E-state index >= 15 is 4.39 Å². The largest absolute Gasteiger partial charge is 0.206 e. The summed E-state index contributed by atoms with van der Waals surface area (Å²) in [5, 5.41) is 1.74. The maximum absolute atomic E-state index is 15.4. The van der Waals surface area contributed by atoms with Gasteiger partial charge in [0, 0.05) is 10.9 Å². The Balaban J connectivity index is 1.39. The molecule has 4 rings (SSSR count). The highest BCUT2D eigenvalue weighted by molar-refractivity contribution is 5.88. The van der Waals surface area contributed by atoms with Gasteiger partial charge in [-0.15, -0.1) is 6.58 Å². The summed E-state index contributed by atoms with van der Waals surface area (Å²) in [6.07, 6.45) is 16.0. The molecule has 1 saturated carbocycles. The zero-order valence-corrected chi connectivity index (χ0v) is 20.3. The van der Waals surface area contributed by atoms with Crippen LogP contribution in [0, 0.1) is 17.7 Å². The molecule has 0 unspecified atom stereocenters. The molecule has 0 atom stereocenters. The van der Waals surface area contributed by atoms with Crippen molar-refractivity contribution in [2.24, 2.45) is 11.8 Å². The number of hydrogen-bond acceptors (Lipinski definition) is 0. The van der Waals surface area contributed by atoms with Gasteiger partial charge in [-0.25, -0.2) is 4.39 Å². The van der Waals surface area contributed by atoms with E-state index in [0.29, 0.717) is 5.56 Å². The zero-order chi connectivity index (χ0) is 23.0. The van der Waals surface area contributed by atoms with Crippen LogP contribution in [0.4, 0.5) is 4.39 Å². The number of fused-ring (bicyclic) bond motifs is 1. The molecular formula is C32H39F. The third kappa shape index (κ3) is 6.14. The Hall–Kier alpha value is -2.41. The molecule has 0 heterocycles. The van der Waals surface area contributed by atoms with E-state index in [1.54, 1.807) is 0 Å². The molecule has 33 heavy (non-hydrogen) atoms. The fourth-order valence-corrected chi connectivity index (χ4v) is 5.51. The Morgan fingerprint density at radius 1 is 0.848 bits per heavy atom. The van der Waals surface area contributed by atoms with Crippen molar-refractivity contribution >= 4 is 10.8 Å². The second-order valence-electron chi connectivity index (χ2n) is 10.1. The average molecular weight is 443 g/mol. The summed E-state index contributed by atoms with van der Waals surface area (Å²) in [5.74, 6) is 1.73. The Morgan fingerprint density at radius 2 is 1.55 bits per heavy atom. The van der Waals surface area contributed by atoms with Crippen LogP contribution in [0.15, 0.2) is 67.3 Å². The van der Waals surface area contributed by atoms with Crippen LogP contribution in [0.2, 0.25) is 0 Å². The maximum atomic E-state index is 15.4. The fourth-order valence-electron chi connectivity index (χ4n) is 5.51. The first-order valence-electron chi connectivity index (χ1n) is 13.1. The minimum Gasteiger partial charge on any atom is -0.206 e. The van der Waals surface area contributed by atoms with Crippen molar-refractivity contribution in [2.45, 2.75) is 77.6 Å². The summed E-state index contributed by atoms with van der Waals surface area (Å²) < 4.78 is 15.4. The number of allylic oxidation sites excluding steroid dienone is 1. The summed E-state index contributed by atoms with van der Waals surface area (Å²) in [6, 6.07) is 18.6. The van der Waals surface area contributed by atoms with E-state index in [9.17, 15) is 0 Å². The van der Waals surface area contributed by atoms with Gasteiger partial charge in [-0.3, -0.25) is 0 Å². The van der Waals surface area contributed by atoms with Crippen LogP contribution in [-0.2, 0) is 12.8 Å². The van der Waals surface area contributed by atoms with Gasteiger partial charge in [-0.1, -0.05) is 113 Å². The number of rotatable bonds is 10. The second-order valence-corrected chi connectivity index (χ2v) is 10.1. The van der Waals surface area contributed by atoms with Gasteiger partial charge >= 0.3 is 0 Å². The van der Waals surface area contributed by atoms with E-state index in [-0.39, 0.29) is 5.82 Å². The van der Waals surface area contributed by atoms with Crippen LogP contribution in [0.3, 0.4) is 0 Å². The molecule has 0 N–H and O–H groups in total. The SMILES string of the molecule is C=CCCc1ccc(-c2ccc3cc(CCC4CCC(CCCC)CC4)ccc3c2F)cc1. The molecule has 1 fully saturated rings. The Labute approximate surface area is 199 Å². The van der Waals surface area contributed by atoms with Crippen LogP contribution < -0.4 is 0 Å². The van der Waals surface area contributed by atoms with E-state index in [1.165, 1.54) is 62.5 Å². The van der Waals surface area contributed by atoms with E-state index in [2.05, 4.69) is 43.8 Å². The Bertz CT molecular complexity index is 1040. The third-order valence-electron chi connectivity index (χ3n) is 7.69. The molecule has 0 nitrogen and oxygen atoms in total. The lowest BCUT2D eigenvalue weighted by molar-refractivity contribution is 0.250. The molecule has 1 heteroatoms. The smallest absolute Gasteiger partial charge is 0.138 e. The monoisotopic (exact) mass is 442 g/mol. The zero-order valence-electron chi connectivity index (χ0n) is 20.3. The number of hydrogen-bond donors (Lipinski definition) is 0. The van der Waals surface area contributed by atoms with Gasteiger partial charge < -0.3 is 0 Å². The first-order chi connectivity index (χ1) is 16.2. The van der Waals surface area contributed by atoms with Crippen molar-refractivity contribution in [1.82, 2.24) is 0 Å². The molecule has 3 aromatic carbocycles. The summed E-state index contributed by atoms with van der Waals surface area (Å²) in [7, 11) is 0. The number of benzene rings is 3. The lowest BCUT2D eigenvalue weighted by atomic mass is 9.78. The molecule has 0 spiro atoms. The molecule has 3 aromatic rings. The predicted molar refractivity (Wildman–Crippen MR) is 141 cm³/mol. The van der Waals surface area contributed by atoms with Gasteiger partial charge in [0.15, 0.2) is 0 Å². The Kier molecular flexibility index (Phi) is 8.37. The highest BCUT2D eigenvalue weighted by atomic mass is 19.1. The number of aryl methyl sites for hydroxylation is 2. The maximum Gasteiger partial charge on any atom is 0.138 e. The molecule has 1 aliphatic rings. The standard InChI is InChI=1S/C32H39F/c1-3-5-7-24-9-11-26(12-10-24)13-14-27-17-21-31-29(23-27)20-22-30(32(31)33)28-18-15-25(16-19-28)8-6-4-2/h4,15-24,26H,2-3,5-14H2,1H3. The van der Waals surface area contributed by atoms with Crippen LogP contribution >= 0.6 is 0 Å². The molecule has 0 saturated heterocycles. The van der Waals surface area contributed by atoms with E-state index < -0.39 is 0 Å². The van der Waals surface area contributed by atoms with Crippen molar-refractivity contribution in [2.75, 3.05) is 0 Å². The van der Waals surface area contributed by atoms with Gasteiger partial charge in [0.25, 0.3) is 0 Å². The molecule has 0 aromatic heterocycles. The topological polar surface area (TPSA) is 0 Å². The predicted octanol–water partition coefficient (Wildman–Crippen LogP) is 9.69. The summed E-state index contributed by atoms with van der Waals surface area (Å²) in [5.41, 5.74) is 4.23. The molecule has 0 aliphatic heterocycles. The molecule has 0 bridgehead atoms. The average Bonchev–Trinajstić information content (AvgIpc) is 2.86. The normalized spacial score (nSPS) is 18.5. The van der Waals surface area contributed by atoms with Crippen molar-refractivity contribution in [3.63, 3.8) is 0 Å². The van der Waals surface area contributed by atoms with Crippen LogP contribution in [0.5, 0.6) is 0 Å². The fraction of sp³-hybridized carbons (Fsp3) is 0.438. The van der Waals surface area contributed by atoms with Crippen LogP contribution in [0.1, 0.15) is 75.8 Å². The first-order valence-corrected chi connectivity index (χ1v) is 13.1. The minimum atomic E-state index is -0.108. The van der Waals surface area contributed by atoms with Gasteiger partial charge in [-0.2, -0.15) is 0 Å². The first kappa shape index (κ1) is 23.7.